The third-order valence-corrected chi connectivity index (χ3v) is 2.83. The number of rotatable bonds is 2. The van der Waals surface area contributed by atoms with Crippen molar-refractivity contribution < 1.29 is 0 Å². The van der Waals surface area contributed by atoms with Gasteiger partial charge in [0.15, 0.2) is 0 Å². The molecule has 1 nitrogen and oxygen atoms in total. The molecule has 0 unspecified atom stereocenters. The van der Waals surface area contributed by atoms with Gasteiger partial charge in [-0.05, 0) is 25.0 Å². The number of hydrogen-bond acceptors (Lipinski definition) is 1. The Kier molecular flexibility index (Phi) is 2.40. The summed E-state index contributed by atoms with van der Waals surface area (Å²) in [5.74, 6) is 0. The van der Waals surface area contributed by atoms with Crippen LogP contribution in [0.15, 0.2) is 12.0 Å². The van der Waals surface area contributed by atoms with Gasteiger partial charge in [-0.1, -0.05) is 6.58 Å². The molecule has 0 aliphatic heterocycles. The molecule has 0 fully saturated rings. The summed E-state index contributed by atoms with van der Waals surface area (Å²) in [5.41, 5.74) is 0. The van der Waals surface area contributed by atoms with Crippen molar-refractivity contribution in [1.29, 1.82) is 0 Å². The normalized spacial score (nSPS) is 13.6. The minimum absolute atomic E-state index is 0.644. The Bertz CT molecular complexity index is 68.5. The van der Waals surface area contributed by atoms with Crippen molar-refractivity contribution in [3.05, 3.63) is 12.0 Å². The summed E-state index contributed by atoms with van der Waals surface area (Å²) in [6, 6.07) is 0. The lowest BCUT2D eigenvalue weighted by molar-refractivity contribution is 1.27. The average Bonchev–Trinajstić information content (AvgIpc) is 1.68. The van der Waals surface area contributed by atoms with E-state index in [2.05, 4.69) is 23.8 Å². The van der Waals surface area contributed by atoms with Crippen LogP contribution in [-0.2, 0) is 0 Å². The highest BCUT2D eigenvalue weighted by Gasteiger charge is 1.97. The van der Waals surface area contributed by atoms with Crippen LogP contribution in [0.25, 0.3) is 0 Å². The fourth-order valence-corrected chi connectivity index (χ4v) is 0.250. The molecule has 0 amide bonds. The van der Waals surface area contributed by atoms with Crippen LogP contribution < -0.4 is 4.72 Å². The van der Waals surface area contributed by atoms with E-state index in [9.17, 15) is 0 Å². The first kappa shape index (κ1) is 7.05. The van der Waals surface area contributed by atoms with Gasteiger partial charge < -0.3 is 0 Å². The standard InChI is InChI=1S/C5H13NS/c1-5-7(3,4)6-2/h5-6H,1H2,2-4H3. The van der Waals surface area contributed by atoms with E-state index in [1.807, 2.05) is 12.5 Å². The molecule has 0 saturated carbocycles. The second-order valence-corrected chi connectivity index (χ2v) is 5.33. The fourth-order valence-electron chi connectivity index (χ4n) is 0.0833. The van der Waals surface area contributed by atoms with Crippen molar-refractivity contribution in [2.45, 2.75) is 0 Å². The van der Waals surface area contributed by atoms with Crippen LogP contribution in [0.4, 0.5) is 0 Å². The molecule has 0 aromatic rings. The number of hydrogen-bond donors (Lipinski definition) is 1. The molecule has 0 bridgehead atoms. The van der Waals surface area contributed by atoms with Crippen molar-refractivity contribution in [1.82, 2.24) is 4.72 Å². The highest BCUT2D eigenvalue weighted by atomic mass is 32.3. The van der Waals surface area contributed by atoms with Crippen LogP contribution in [0, 0.1) is 0 Å². The molecule has 0 rings (SSSR count). The van der Waals surface area contributed by atoms with Gasteiger partial charge in [-0.15, -0.1) is 0 Å². The Balaban J connectivity index is 3.58. The van der Waals surface area contributed by atoms with Gasteiger partial charge in [-0.25, -0.2) is 0 Å². The van der Waals surface area contributed by atoms with E-state index in [1.54, 1.807) is 0 Å². The molecule has 0 aromatic carbocycles. The maximum atomic E-state index is 3.68. The maximum absolute atomic E-state index is 3.68. The Morgan fingerprint density at radius 2 is 2.00 bits per heavy atom. The van der Waals surface area contributed by atoms with Gasteiger partial charge in [0.2, 0.25) is 0 Å². The summed E-state index contributed by atoms with van der Waals surface area (Å²) in [7, 11) is 1.31. The van der Waals surface area contributed by atoms with Gasteiger partial charge in [-0.2, -0.15) is 10.2 Å². The molecule has 0 aliphatic carbocycles. The van der Waals surface area contributed by atoms with E-state index < -0.39 is 10.2 Å². The Morgan fingerprint density at radius 1 is 1.57 bits per heavy atom. The zero-order valence-corrected chi connectivity index (χ0v) is 6.01. The minimum Gasteiger partial charge on any atom is -0.281 e. The molecular weight excluding hydrogens is 106 g/mol. The van der Waals surface area contributed by atoms with Crippen molar-refractivity contribution >= 4 is 10.2 Å². The lowest BCUT2D eigenvalue weighted by Gasteiger charge is -2.24. The summed E-state index contributed by atoms with van der Waals surface area (Å²) >= 11 is 0. The minimum atomic E-state index is -0.644. The zero-order valence-electron chi connectivity index (χ0n) is 5.19. The second kappa shape index (κ2) is 2.38. The second-order valence-electron chi connectivity index (χ2n) is 1.78. The molecule has 7 heavy (non-hydrogen) atoms. The van der Waals surface area contributed by atoms with E-state index in [0.717, 1.165) is 0 Å². The average molecular weight is 119 g/mol. The first-order valence-electron chi connectivity index (χ1n) is 2.16. The van der Waals surface area contributed by atoms with E-state index in [4.69, 9.17) is 0 Å². The summed E-state index contributed by atoms with van der Waals surface area (Å²) in [6.45, 7) is 3.68. The SMILES string of the molecule is C=CS(C)(C)NC. The largest absolute Gasteiger partial charge is 0.281 e. The molecule has 0 heterocycles. The molecule has 0 atom stereocenters. The smallest absolute Gasteiger partial charge is 0.00684 e. The van der Waals surface area contributed by atoms with Crippen molar-refractivity contribution in [2.75, 3.05) is 19.6 Å². The summed E-state index contributed by atoms with van der Waals surface area (Å²) in [6.07, 6.45) is 4.31. The zero-order chi connectivity index (χ0) is 5.91. The monoisotopic (exact) mass is 119 g/mol. The molecule has 1 N–H and O–H groups in total. The van der Waals surface area contributed by atoms with Crippen LogP contribution in [-0.4, -0.2) is 19.6 Å². The molecule has 0 radical (unpaired) electrons. The topological polar surface area (TPSA) is 12.0 Å². The first-order valence-corrected chi connectivity index (χ1v) is 4.68. The van der Waals surface area contributed by atoms with Gasteiger partial charge >= 0.3 is 0 Å². The van der Waals surface area contributed by atoms with Crippen molar-refractivity contribution in [2.24, 2.45) is 0 Å². The van der Waals surface area contributed by atoms with Crippen LogP contribution in [0.2, 0.25) is 0 Å². The lowest BCUT2D eigenvalue weighted by Crippen LogP contribution is -2.09. The first-order chi connectivity index (χ1) is 3.12. The quantitative estimate of drug-likeness (QED) is 0.578. The maximum Gasteiger partial charge on any atom is -0.00684 e. The van der Waals surface area contributed by atoms with Crippen LogP contribution in [0.5, 0.6) is 0 Å². The highest BCUT2D eigenvalue weighted by Crippen LogP contribution is 2.33. The summed E-state index contributed by atoms with van der Waals surface area (Å²) < 4.78 is 3.16. The van der Waals surface area contributed by atoms with Gasteiger partial charge in [0.25, 0.3) is 0 Å². The van der Waals surface area contributed by atoms with Gasteiger partial charge in [-0.3, -0.25) is 4.72 Å². The summed E-state index contributed by atoms with van der Waals surface area (Å²) in [4.78, 5) is 0. The third-order valence-electron chi connectivity index (χ3n) is 0.943. The van der Waals surface area contributed by atoms with Crippen LogP contribution in [0.3, 0.4) is 0 Å². The Morgan fingerprint density at radius 3 is 2.00 bits per heavy atom. The Hall–Kier alpha value is 0.0500. The van der Waals surface area contributed by atoms with Gasteiger partial charge in [0.05, 0.1) is 0 Å². The van der Waals surface area contributed by atoms with Crippen molar-refractivity contribution in [3.8, 4) is 0 Å². The molecule has 0 aliphatic rings. The molecule has 0 aromatic heterocycles. The van der Waals surface area contributed by atoms with Crippen LogP contribution in [0.1, 0.15) is 0 Å². The third kappa shape index (κ3) is 2.71. The molecule has 2 heteroatoms. The molecule has 0 saturated heterocycles. The number of nitrogens with one attached hydrogen (secondary N) is 1. The fraction of sp³-hybridized carbons (Fsp3) is 0.600. The van der Waals surface area contributed by atoms with Gasteiger partial charge in [0, 0.05) is 0 Å². The molecular formula is C5H13NS. The van der Waals surface area contributed by atoms with Crippen molar-refractivity contribution in [3.63, 3.8) is 0 Å². The highest BCUT2D eigenvalue weighted by molar-refractivity contribution is 8.33. The van der Waals surface area contributed by atoms with E-state index in [1.165, 1.54) is 0 Å². The molecule has 0 spiro atoms. The predicted octanol–water partition coefficient (Wildman–Crippen LogP) is 1.33. The van der Waals surface area contributed by atoms with E-state index >= 15 is 0 Å². The Labute approximate surface area is 47.3 Å². The lowest BCUT2D eigenvalue weighted by atomic mass is 11.3. The van der Waals surface area contributed by atoms with E-state index in [0.29, 0.717) is 0 Å². The summed E-state index contributed by atoms with van der Waals surface area (Å²) in [5, 5.41) is 1.97. The van der Waals surface area contributed by atoms with Crippen LogP contribution >= 0.6 is 10.2 Å². The molecule has 44 valence electrons. The van der Waals surface area contributed by atoms with E-state index in [-0.39, 0.29) is 0 Å². The predicted molar refractivity (Wildman–Crippen MR) is 38.7 cm³/mol. The van der Waals surface area contributed by atoms with Gasteiger partial charge in [0.1, 0.15) is 0 Å².